The Morgan fingerprint density at radius 1 is 1.30 bits per heavy atom. The number of carbonyl (C=O) groups is 3. The molecule has 0 saturated carbocycles. The van der Waals surface area contributed by atoms with Crippen LogP contribution in [0.2, 0.25) is 0 Å². The largest absolute Gasteiger partial charge is 0.481 e. The fraction of sp³-hybridized carbons (Fsp3) is 0.500. The molecule has 0 aromatic rings. The number of carbonyl (C=O) groups excluding carboxylic acids is 1. The van der Waals surface area contributed by atoms with Gasteiger partial charge >= 0.3 is 17.9 Å². The van der Waals surface area contributed by atoms with Crippen molar-refractivity contribution in [2.45, 2.75) is 31.1 Å². The smallest absolute Gasteiger partial charge is 0.333 e. The summed E-state index contributed by atoms with van der Waals surface area (Å²) in [4.78, 5) is 33.2. The Balaban J connectivity index is 5.86. The molecule has 0 aliphatic heterocycles. The normalized spacial score (nSPS) is 15.8. The van der Waals surface area contributed by atoms with E-state index in [2.05, 4.69) is 11.3 Å². The zero-order valence-corrected chi connectivity index (χ0v) is 11.5. The first-order chi connectivity index (χ1) is 8.86. The van der Waals surface area contributed by atoms with E-state index in [1.54, 1.807) is 0 Å². The average Bonchev–Trinajstić information content (AvgIpc) is 2.22. The van der Waals surface area contributed by atoms with Crippen LogP contribution in [0, 0.1) is 0 Å². The van der Waals surface area contributed by atoms with Gasteiger partial charge in [0.25, 0.3) is 10.1 Å². The molecule has 9 nitrogen and oxygen atoms in total. The maximum Gasteiger partial charge on any atom is 0.333 e. The Hall–Kier alpha value is -1.94. The lowest BCUT2D eigenvalue weighted by Gasteiger charge is -2.30. The van der Waals surface area contributed by atoms with Gasteiger partial charge in [-0.3, -0.25) is 14.1 Å². The van der Waals surface area contributed by atoms with Crippen LogP contribution >= 0.6 is 0 Å². The maximum atomic E-state index is 11.3. The summed E-state index contributed by atoms with van der Waals surface area (Å²) in [6, 6.07) is 0. The van der Waals surface area contributed by atoms with E-state index in [0.29, 0.717) is 0 Å². The molecule has 0 bridgehead atoms. The number of carboxylic acid groups (broad SMARTS) is 2. The molecule has 0 aromatic carbocycles. The Labute approximate surface area is 114 Å². The highest BCUT2D eigenvalue weighted by Gasteiger charge is 2.58. The molecular formula is C10H14O9S. The molecule has 2 atom stereocenters. The zero-order chi connectivity index (χ0) is 16.3. The minimum Gasteiger partial charge on any atom is -0.481 e. The van der Waals surface area contributed by atoms with Crippen LogP contribution in [0.3, 0.4) is 0 Å². The molecule has 0 saturated heterocycles. The highest BCUT2D eigenvalue weighted by Crippen LogP contribution is 2.29. The predicted octanol–water partition coefficient (Wildman–Crippen LogP) is -0.320. The fourth-order valence-corrected chi connectivity index (χ4v) is 2.38. The highest BCUT2D eigenvalue weighted by atomic mass is 32.2. The second-order valence-electron chi connectivity index (χ2n) is 4.07. The van der Waals surface area contributed by atoms with Gasteiger partial charge in [-0.25, -0.2) is 4.79 Å². The maximum absolute atomic E-state index is 11.3. The second kappa shape index (κ2) is 6.01. The first-order valence-corrected chi connectivity index (χ1v) is 6.59. The van der Waals surface area contributed by atoms with Crippen LogP contribution < -0.4 is 0 Å². The van der Waals surface area contributed by atoms with Gasteiger partial charge in [0.2, 0.25) is 4.75 Å². The monoisotopic (exact) mass is 310 g/mol. The number of carboxylic acids is 2. The summed E-state index contributed by atoms with van der Waals surface area (Å²) in [5, 5.41) is 17.7. The fourth-order valence-electron chi connectivity index (χ4n) is 1.39. The van der Waals surface area contributed by atoms with Gasteiger partial charge in [0, 0.05) is 5.57 Å². The molecule has 0 amide bonds. The van der Waals surface area contributed by atoms with Crippen LogP contribution in [0.15, 0.2) is 12.2 Å². The minimum atomic E-state index is -5.38. The van der Waals surface area contributed by atoms with Gasteiger partial charge in [-0.05, 0) is 13.8 Å². The predicted molar refractivity (Wildman–Crippen MR) is 64.5 cm³/mol. The average molecular weight is 310 g/mol. The first kappa shape index (κ1) is 18.1. The van der Waals surface area contributed by atoms with E-state index in [1.807, 2.05) is 0 Å². The Kier molecular flexibility index (Phi) is 5.43. The molecule has 0 aliphatic rings. The third kappa shape index (κ3) is 3.54. The van der Waals surface area contributed by atoms with Gasteiger partial charge in [-0.15, -0.1) is 0 Å². The summed E-state index contributed by atoms with van der Waals surface area (Å²) < 4.78 is 33.1. The summed E-state index contributed by atoms with van der Waals surface area (Å²) in [5.41, 5.74) is -0.151. The number of hydrogen-bond acceptors (Lipinski definition) is 6. The third-order valence-corrected chi connectivity index (χ3v) is 4.10. The van der Waals surface area contributed by atoms with Crippen LogP contribution in [-0.2, 0) is 29.2 Å². The standard InChI is InChI=1S/C10H14O9S/c1-5(2)8(13)19-6(3)10(9(14)15,4-7(11)12)20(16,17)18/h6H,1,4H2,2-3H3,(H,11,12)(H,14,15)(H,16,17,18). The number of esters is 1. The second-order valence-corrected chi connectivity index (χ2v) is 5.75. The lowest BCUT2D eigenvalue weighted by molar-refractivity contribution is -0.157. The highest BCUT2D eigenvalue weighted by molar-refractivity contribution is 7.88. The molecule has 114 valence electrons. The van der Waals surface area contributed by atoms with Gasteiger partial charge in [-0.2, -0.15) is 8.42 Å². The van der Waals surface area contributed by atoms with Crippen molar-refractivity contribution in [3.63, 3.8) is 0 Å². The van der Waals surface area contributed by atoms with Gasteiger partial charge < -0.3 is 14.9 Å². The summed E-state index contributed by atoms with van der Waals surface area (Å²) in [5.74, 6) is -5.06. The number of ether oxygens (including phenoxy) is 1. The summed E-state index contributed by atoms with van der Waals surface area (Å²) >= 11 is 0. The zero-order valence-electron chi connectivity index (χ0n) is 10.7. The molecule has 0 heterocycles. The topological polar surface area (TPSA) is 155 Å². The molecule has 20 heavy (non-hydrogen) atoms. The number of rotatable bonds is 7. The van der Waals surface area contributed by atoms with Crippen LogP contribution in [0.5, 0.6) is 0 Å². The van der Waals surface area contributed by atoms with Gasteiger partial charge in [0.1, 0.15) is 6.10 Å². The van der Waals surface area contributed by atoms with Crippen LogP contribution in [0.4, 0.5) is 0 Å². The lowest BCUT2D eigenvalue weighted by atomic mass is 9.98. The number of hydrogen-bond donors (Lipinski definition) is 3. The van der Waals surface area contributed by atoms with E-state index in [9.17, 15) is 22.8 Å². The molecule has 0 aromatic heterocycles. The van der Waals surface area contributed by atoms with Crippen molar-refractivity contribution < 1.29 is 42.3 Å². The van der Waals surface area contributed by atoms with E-state index in [0.717, 1.165) is 6.92 Å². The van der Waals surface area contributed by atoms with Crippen LogP contribution in [-0.4, -0.2) is 51.9 Å². The van der Waals surface area contributed by atoms with Crippen molar-refractivity contribution in [1.29, 1.82) is 0 Å². The summed E-state index contributed by atoms with van der Waals surface area (Å²) in [6.07, 6.45) is -3.43. The lowest BCUT2D eigenvalue weighted by Crippen LogP contribution is -2.57. The van der Waals surface area contributed by atoms with Crippen molar-refractivity contribution in [2.75, 3.05) is 0 Å². The van der Waals surface area contributed by atoms with Crippen molar-refractivity contribution in [3.05, 3.63) is 12.2 Å². The molecule has 0 fully saturated rings. The molecule has 10 heteroatoms. The Morgan fingerprint density at radius 3 is 2.00 bits per heavy atom. The van der Waals surface area contributed by atoms with Crippen molar-refractivity contribution in [1.82, 2.24) is 0 Å². The Bertz CT molecular complexity index is 547. The van der Waals surface area contributed by atoms with E-state index in [4.69, 9.17) is 14.8 Å². The van der Waals surface area contributed by atoms with Gasteiger partial charge in [0.15, 0.2) is 0 Å². The molecule has 0 rings (SSSR count). The Morgan fingerprint density at radius 2 is 1.75 bits per heavy atom. The van der Waals surface area contributed by atoms with E-state index in [1.165, 1.54) is 6.92 Å². The first-order valence-electron chi connectivity index (χ1n) is 5.15. The quantitative estimate of drug-likeness (QED) is 0.326. The van der Waals surface area contributed by atoms with E-state index in [-0.39, 0.29) is 5.57 Å². The number of aliphatic carboxylic acids is 2. The molecular weight excluding hydrogens is 296 g/mol. The van der Waals surface area contributed by atoms with Gasteiger partial charge in [0.05, 0.1) is 6.42 Å². The third-order valence-electron chi connectivity index (χ3n) is 2.53. The molecule has 0 aliphatic carbocycles. The molecule has 0 spiro atoms. The van der Waals surface area contributed by atoms with Crippen molar-refractivity contribution >= 4 is 28.0 Å². The van der Waals surface area contributed by atoms with Crippen molar-refractivity contribution in [3.8, 4) is 0 Å². The van der Waals surface area contributed by atoms with E-state index < -0.39 is 45.3 Å². The van der Waals surface area contributed by atoms with Gasteiger partial charge in [-0.1, -0.05) is 6.58 Å². The van der Waals surface area contributed by atoms with E-state index >= 15 is 0 Å². The SMILES string of the molecule is C=C(C)C(=O)OC(C)C(CC(=O)O)(C(=O)O)S(=O)(=O)O. The summed E-state index contributed by atoms with van der Waals surface area (Å²) in [7, 11) is -5.38. The molecule has 3 N–H and O–H groups in total. The van der Waals surface area contributed by atoms with Crippen LogP contribution in [0.1, 0.15) is 20.3 Å². The summed E-state index contributed by atoms with van der Waals surface area (Å²) in [6.45, 7) is 5.29. The molecule has 2 unspecified atom stereocenters. The van der Waals surface area contributed by atoms with Crippen molar-refractivity contribution in [2.24, 2.45) is 0 Å². The molecule has 0 radical (unpaired) electrons. The minimum absolute atomic E-state index is 0.151. The van der Waals surface area contributed by atoms with Crippen LogP contribution in [0.25, 0.3) is 0 Å².